The molecular formula is C19H28FN3O. The van der Waals surface area contributed by atoms with Crippen LogP contribution in [-0.4, -0.2) is 40.8 Å². The molecule has 0 spiro atoms. The fraction of sp³-hybridized carbons (Fsp3) is 0.632. The van der Waals surface area contributed by atoms with Gasteiger partial charge in [0.15, 0.2) is 0 Å². The smallest absolute Gasteiger partial charge is 0.306 e. The Morgan fingerprint density at radius 2 is 1.75 bits per heavy atom. The highest BCUT2D eigenvalue weighted by atomic mass is 19.1. The van der Waals surface area contributed by atoms with E-state index in [1.54, 1.807) is 0 Å². The van der Waals surface area contributed by atoms with Crippen molar-refractivity contribution in [1.29, 1.82) is 0 Å². The summed E-state index contributed by atoms with van der Waals surface area (Å²) in [4.78, 5) is 17.8. The average Bonchev–Trinajstić information content (AvgIpc) is 2.94. The van der Waals surface area contributed by atoms with Crippen LogP contribution in [0.25, 0.3) is 11.0 Å². The molecule has 3 rings (SSSR count). The van der Waals surface area contributed by atoms with Crippen molar-refractivity contribution in [2.75, 3.05) is 26.3 Å². The van der Waals surface area contributed by atoms with E-state index in [2.05, 4.69) is 9.88 Å². The maximum absolute atomic E-state index is 12.3. The largest absolute Gasteiger partial charge is 0.326 e. The van der Waals surface area contributed by atoms with Gasteiger partial charge in [-0.15, -0.1) is 0 Å². The molecule has 1 saturated heterocycles. The second kappa shape index (κ2) is 8.47. The Balaban J connectivity index is 1.48. The van der Waals surface area contributed by atoms with Gasteiger partial charge in [-0.05, 0) is 44.4 Å². The first-order chi connectivity index (χ1) is 11.8. The van der Waals surface area contributed by atoms with Gasteiger partial charge in [0.1, 0.15) is 0 Å². The van der Waals surface area contributed by atoms with Crippen molar-refractivity contribution in [3.05, 3.63) is 34.7 Å². The molecule has 1 N–H and O–H groups in total. The van der Waals surface area contributed by atoms with E-state index in [4.69, 9.17) is 0 Å². The van der Waals surface area contributed by atoms with E-state index in [9.17, 15) is 9.18 Å². The van der Waals surface area contributed by atoms with Crippen molar-refractivity contribution in [1.82, 2.24) is 14.5 Å². The Morgan fingerprint density at radius 3 is 2.54 bits per heavy atom. The fourth-order valence-corrected chi connectivity index (χ4v) is 3.80. The van der Waals surface area contributed by atoms with Crippen molar-refractivity contribution in [2.24, 2.45) is 0 Å². The summed E-state index contributed by atoms with van der Waals surface area (Å²) < 4.78 is 14.0. The number of piperidine rings is 1. The molecule has 24 heavy (non-hydrogen) atoms. The van der Waals surface area contributed by atoms with E-state index >= 15 is 0 Å². The second-order valence-electron chi connectivity index (χ2n) is 6.85. The maximum Gasteiger partial charge on any atom is 0.326 e. The van der Waals surface area contributed by atoms with Gasteiger partial charge in [-0.1, -0.05) is 31.4 Å². The number of unbranched alkanes of at least 4 members (excludes halogenated alkanes) is 4. The first kappa shape index (κ1) is 17.2. The molecule has 0 radical (unpaired) electrons. The number of aromatic amines is 1. The number of rotatable bonds is 8. The van der Waals surface area contributed by atoms with Crippen molar-refractivity contribution in [3.8, 4) is 0 Å². The van der Waals surface area contributed by atoms with Gasteiger partial charge in [-0.3, -0.25) is 8.96 Å². The minimum absolute atomic E-state index is 0.0162. The summed E-state index contributed by atoms with van der Waals surface area (Å²) in [6.07, 6.45) is 7.33. The predicted molar refractivity (Wildman–Crippen MR) is 96.3 cm³/mol. The zero-order valence-corrected chi connectivity index (χ0v) is 14.3. The number of hydrogen-bond acceptors (Lipinski definition) is 2. The second-order valence-corrected chi connectivity index (χ2v) is 6.85. The van der Waals surface area contributed by atoms with Crippen LogP contribution in [0, 0.1) is 0 Å². The van der Waals surface area contributed by atoms with E-state index in [1.165, 1.54) is 12.8 Å². The van der Waals surface area contributed by atoms with Gasteiger partial charge in [0.05, 0.1) is 17.7 Å². The van der Waals surface area contributed by atoms with Crippen LogP contribution in [0.3, 0.4) is 0 Å². The van der Waals surface area contributed by atoms with Crippen molar-refractivity contribution in [3.63, 3.8) is 0 Å². The average molecular weight is 333 g/mol. The number of aromatic nitrogens is 2. The topological polar surface area (TPSA) is 41.0 Å². The molecule has 1 aromatic carbocycles. The van der Waals surface area contributed by atoms with E-state index < -0.39 is 0 Å². The van der Waals surface area contributed by atoms with Gasteiger partial charge in [0.25, 0.3) is 0 Å². The van der Waals surface area contributed by atoms with Crippen LogP contribution < -0.4 is 5.69 Å². The molecule has 0 amide bonds. The van der Waals surface area contributed by atoms with Crippen LogP contribution in [0.4, 0.5) is 4.39 Å². The first-order valence-corrected chi connectivity index (χ1v) is 9.27. The van der Waals surface area contributed by atoms with Crippen LogP contribution in [-0.2, 0) is 0 Å². The van der Waals surface area contributed by atoms with E-state index in [-0.39, 0.29) is 12.4 Å². The third kappa shape index (κ3) is 4.07. The lowest BCUT2D eigenvalue weighted by Crippen LogP contribution is -2.37. The molecule has 0 aliphatic carbocycles. The van der Waals surface area contributed by atoms with E-state index in [0.717, 1.165) is 56.4 Å². The molecular weight excluding hydrogens is 305 g/mol. The number of imidazole rings is 1. The van der Waals surface area contributed by atoms with Crippen LogP contribution in [0.15, 0.2) is 29.1 Å². The number of fused-ring (bicyclic) bond motifs is 1. The lowest BCUT2D eigenvalue weighted by Gasteiger charge is -2.32. The molecule has 0 atom stereocenters. The summed E-state index contributed by atoms with van der Waals surface area (Å²) in [5, 5.41) is 0. The van der Waals surface area contributed by atoms with Crippen LogP contribution >= 0.6 is 0 Å². The van der Waals surface area contributed by atoms with Gasteiger partial charge in [-0.25, -0.2) is 4.79 Å². The number of nitrogens with one attached hydrogen (secondary N) is 1. The number of halogens is 1. The SMILES string of the molecule is O=c1[nH]c2ccccc2n1C1CCN(CCCCCCCF)CC1. The number of para-hydroxylation sites is 2. The number of likely N-dealkylation sites (tertiary alicyclic amines) is 1. The van der Waals surface area contributed by atoms with Crippen LogP contribution in [0.5, 0.6) is 0 Å². The summed E-state index contributed by atoms with van der Waals surface area (Å²) in [5.74, 6) is 0. The highest BCUT2D eigenvalue weighted by molar-refractivity contribution is 5.75. The van der Waals surface area contributed by atoms with Gasteiger partial charge in [-0.2, -0.15) is 0 Å². The minimum atomic E-state index is -0.180. The van der Waals surface area contributed by atoms with Gasteiger partial charge < -0.3 is 9.88 Å². The standard InChI is InChI=1S/C19H28FN3O/c20-12-6-2-1-3-7-13-22-14-10-16(11-15-22)23-18-9-5-4-8-17(18)21-19(23)24/h4-5,8-9,16H,1-3,6-7,10-15H2,(H,21,24). The predicted octanol–water partition coefficient (Wildman–Crippen LogP) is 3.89. The van der Waals surface area contributed by atoms with E-state index in [0.29, 0.717) is 12.5 Å². The molecule has 2 heterocycles. The van der Waals surface area contributed by atoms with Crippen LogP contribution in [0.1, 0.15) is 51.0 Å². The Labute approximate surface area is 142 Å². The molecule has 1 aliphatic rings. The lowest BCUT2D eigenvalue weighted by atomic mass is 10.0. The maximum atomic E-state index is 12.3. The highest BCUT2D eigenvalue weighted by Gasteiger charge is 2.23. The summed E-state index contributed by atoms with van der Waals surface area (Å²) in [6.45, 7) is 3.06. The molecule has 2 aromatic rings. The fourth-order valence-electron chi connectivity index (χ4n) is 3.80. The van der Waals surface area contributed by atoms with Gasteiger partial charge >= 0.3 is 5.69 Å². The third-order valence-electron chi connectivity index (χ3n) is 5.15. The summed E-state index contributed by atoms with van der Waals surface area (Å²) in [6, 6.07) is 8.24. The zero-order chi connectivity index (χ0) is 16.8. The summed E-state index contributed by atoms with van der Waals surface area (Å²) >= 11 is 0. The van der Waals surface area contributed by atoms with Gasteiger partial charge in [0, 0.05) is 19.1 Å². The van der Waals surface area contributed by atoms with Crippen molar-refractivity contribution >= 4 is 11.0 Å². The summed E-state index contributed by atoms with van der Waals surface area (Å²) in [7, 11) is 0. The molecule has 0 bridgehead atoms. The summed E-state index contributed by atoms with van der Waals surface area (Å²) in [5.41, 5.74) is 1.97. The van der Waals surface area contributed by atoms with Gasteiger partial charge in [0.2, 0.25) is 0 Å². The monoisotopic (exact) mass is 333 g/mol. The zero-order valence-electron chi connectivity index (χ0n) is 14.3. The first-order valence-electron chi connectivity index (χ1n) is 9.27. The molecule has 0 unspecified atom stereocenters. The van der Waals surface area contributed by atoms with E-state index in [1.807, 2.05) is 28.8 Å². The number of H-pyrrole nitrogens is 1. The molecule has 1 aromatic heterocycles. The van der Waals surface area contributed by atoms with Crippen molar-refractivity contribution < 1.29 is 4.39 Å². The number of nitrogens with zero attached hydrogens (tertiary/aromatic N) is 2. The Kier molecular flexibility index (Phi) is 6.07. The van der Waals surface area contributed by atoms with Crippen LogP contribution in [0.2, 0.25) is 0 Å². The number of hydrogen-bond donors (Lipinski definition) is 1. The minimum Gasteiger partial charge on any atom is -0.306 e. The lowest BCUT2D eigenvalue weighted by molar-refractivity contribution is 0.183. The Morgan fingerprint density at radius 1 is 1.04 bits per heavy atom. The molecule has 5 heteroatoms. The Bertz CT molecular complexity index is 685. The highest BCUT2D eigenvalue weighted by Crippen LogP contribution is 2.25. The quantitative estimate of drug-likeness (QED) is 0.745. The molecule has 4 nitrogen and oxygen atoms in total. The number of alkyl halides is 1. The Hall–Kier alpha value is -1.62. The molecule has 1 fully saturated rings. The molecule has 132 valence electrons. The molecule has 1 aliphatic heterocycles. The molecule has 0 saturated carbocycles. The third-order valence-corrected chi connectivity index (χ3v) is 5.15. The normalized spacial score (nSPS) is 16.9. The van der Waals surface area contributed by atoms with Crippen molar-refractivity contribution in [2.45, 2.75) is 51.0 Å². The number of benzene rings is 1.